The molecule has 0 fully saturated rings. The lowest BCUT2D eigenvalue weighted by atomic mass is 10.2. The minimum Gasteiger partial charge on any atom is -0.403 e. The molecular weight excluding hydrogens is 228 g/mol. The van der Waals surface area contributed by atoms with Gasteiger partial charge in [0.1, 0.15) is 0 Å². The highest BCUT2D eigenvalue weighted by Crippen LogP contribution is 2.19. The summed E-state index contributed by atoms with van der Waals surface area (Å²) in [7, 11) is 0. The van der Waals surface area contributed by atoms with Crippen molar-refractivity contribution in [3.63, 3.8) is 0 Å². The number of benzene rings is 2. The molecule has 0 radical (unpaired) electrons. The molecule has 0 aliphatic heterocycles. The van der Waals surface area contributed by atoms with Gasteiger partial charge in [-0.2, -0.15) is 0 Å². The molecule has 0 aliphatic rings. The van der Waals surface area contributed by atoms with Crippen molar-refractivity contribution in [2.75, 3.05) is 5.73 Å². The summed E-state index contributed by atoms with van der Waals surface area (Å²) in [4.78, 5) is 16.2. The highest BCUT2D eigenvalue weighted by atomic mass is 16.4. The first-order chi connectivity index (χ1) is 8.74. The van der Waals surface area contributed by atoms with E-state index in [1.807, 2.05) is 30.3 Å². The maximum Gasteiger partial charge on any atom is 0.347 e. The topological polar surface area (TPSA) is 69.1 Å². The maximum atomic E-state index is 11.9. The van der Waals surface area contributed by atoms with E-state index in [0.717, 1.165) is 5.56 Å². The van der Waals surface area contributed by atoms with E-state index in [4.69, 9.17) is 10.2 Å². The lowest BCUT2D eigenvalue weighted by Crippen LogP contribution is -2.03. The highest BCUT2D eigenvalue weighted by Gasteiger charge is 2.08. The standard InChI is InChI=1S/C14H10N2O2/c15-10-6-7-12-11(8-10)14(17)18-13(16-12)9-4-2-1-3-5-9/h1-8H,15H2. The molecule has 4 heteroatoms. The first-order valence-electron chi connectivity index (χ1n) is 5.50. The SMILES string of the molecule is Nc1ccc2nc(-c3ccccc3)oc(=O)c2c1. The van der Waals surface area contributed by atoms with Gasteiger partial charge in [0, 0.05) is 11.3 Å². The van der Waals surface area contributed by atoms with Crippen LogP contribution < -0.4 is 11.4 Å². The van der Waals surface area contributed by atoms with E-state index in [-0.39, 0.29) is 0 Å². The van der Waals surface area contributed by atoms with Gasteiger partial charge >= 0.3 is 5.63 Å². The Morgan fingerprint density at radius 2 is 1.83 bits per heavy atom. The van der Waals surface area contributed by atoms with Crippen LogP contribution in [0.3, 0.4) is 0 Å². The molecule has 0 aliphatic carbocycles. The second-order valence-electron chi connectivity index (χ2n) is 3.95. The molecule has 0 saturated heterocycles. The molecule has 4 nitrogen and oxygen atoms in total. The van der Waals surface area contributed by atoms with Crippen LogP contribution in [0.1, 0.15) is 0 Å². The summed E-state index contributed by atoms with van der Waals surface area (Å²) in [5.41, 5.74) is 7.08. The van der Waals surface area contributed by atoms with Crippen LogP contribution in [0.2, 0.25) is 0 Å². The molecule has 0 spiro atoms. The van der Waals surface area contributed by atoms with Crippen molar-refractivity contribution >= 4 is 16.6 Å². The first-order valence-corrected chi connectivity index (χ1v) is 5.50. The number of fused-ring (bicyclic) bond motifs is 1. The Kier molecular flexibility index (Phi) is 2.34. The Morgan fingerprint density at radius 3 is 2.61 bits per heavy atom. The quantitative estimate of drug-likeness (QED) is 0.661. The fourth-order valence-electron chi connectivity index (χ4n) is 1.79. The van der Waals surface area contributed by atoms with Gasteiger partial charge in [0.25, 0.3) is 0 Å². The molecule has 0 amide bonds. The summed E-state index contributed by atoms with van der Waals surface area (Å²) >= 11 is 0. The Balaban J connectivity index is 2.29. The van der Waals surface area contributed by atoms with E-state index >= 15 is 0 Å². The number of rotatable bonds is 1. The third kappa shape index (κ3) is 1.73. The zero-order chi connectivity index (χ0) is 12.5. The third-order valence-corrected chi connectivity index (χ3v) is 2.67. The Morgan fingerprint density at radius 1 is 1.06 bits per heavy atom. The third-order valence-electron chi connectivity index (χ3n) is 2.67. The molecular formula is C14H10N2O2. The molecule has 3 aromatic rings. The summed E-state index contributed by atoms with van der Waals surface area (Å²) in [6.07, 6.45) is 0. The largest absolute Gasteiger partial charge is 0.403 e. The lowest BCUT2D eigenvalue weighted by molar-refractivity contribution is 0.518. The van der Waals surface area contributed by atoms with Gasteiger partial charge in [0.05, 0.1) is 10.9 Å². The van der Waals surface area contributed by atoms with Crippen LogP contribution in [-0.4, -0.2) is 4.98 Å². The predicted octanol–water partition coefficient (Wildman–Crippen LogP) is 2.44. The Labute approximate surface area is 103 Å². The number of nitrogens with zero attached hydrogens (tertiary/aromatic N) is 1. The fourth-order valence-corrected chi connectivity index (χ4v) is 1.79. The molecule has 0 bridgehead atoms. The van der Waals surface area contributed by atoms with Gasteiger partial charge < -0.3 is 10.2 Å². The van der Waals surface area contributed by atoms with Gasteiger partial charge in [-0.05, 0) is 30.3 Å². The number of nitrogen functional groups attached to an aromatic ring is 1. The van der Waals surface area contributed by atoms with E-state index in [0.29, 0.717) is 22.5 Å². The molecule has 1 aromatic heterocycles. The predicted molar refractivity (Wildman–Crippen MR) is 70.1 cm³/mol. The summed E-state index contributed by atoms with van der Waals surface area (Å²) in [6.45, 7) is 0. The van der Waals surface area contributed by atoms with Gasteiger partial charge in [-0.1, -0.05) is 18.2 Å². The zero-order valence-corrected chi connectivity index (χ0v) is 9.46. The van der Waals surface area contributed by atoms with Crippen molar-refractivity contribution in [2.24, 2.45) is 0 Å². The molecule has 0 saturated carbocycles. The summed E-state index contributed by atoms with van der Waals surface area (Å²) in [6, 6.07) is 14.3. The second-order valence-corrected chi connectivity index (χ2v) is 3.95. The Hall–Kier alpha value is -2.62. The van der Waals surface area contributed by atoms with Crippen molar-refractivity contribution < 1.29 is 4.42 Å². The van der Waals surface area contributed by atoms with Crippen molar-refractivity contribution in [3.8, 4) is 11.5 Å². The summed E-state index contributed by atoms with van der Waals surface area (Å²) < 4.78 is 5.21. The maximum absolute atomic E-state index is 11.9. The van der Waals surface area contributed by atoms with Crippen LogP contribution in [0.15, 0.2) is 57.7 Å². The van der Waals surface area contributed by atoms with Crippen molar-refractivity contribution in [3.05, 3.63) is 59.0 Å². The van der Waals surface area contributed by atoms with Gasteiger partial charge in [-0.3, -0.25) is 0 Å². The van der Waals surface area contributed by atoms with E-state index in [1.54, 1.807) is 18.2 Å². The molecule has 0 unspecified atom stereocenters. The monoisotopic (exact) mass is 238 g/mol. The highest BCUT2D eigenvalue weighted by molar-refractivity contribution is 5.81. The first kappa shape index (κ1) is 10.5. The molecule has 2 aromatic carbocycles. The van der Waals surface area contributed by atoms with Gasteiger partial charge in [-0.25, -0.2) is 9.78 Å². The van der Waals surface area contributed by atoms with Gasteiger partial charge in [0.15, 0.2) is 0 Å². The van der Waals surface area contributed by atoms with Crippen LogP contribution in [0.4, 0.5) is 5.69 Å². The van der Waals surface area contributed by atoms with Crippen LogP contribution >= 0.6 is 0 Å². The van der Waals surface area contributed by atoms with E-state index < -0.39 is 5.63 Å². The van der Waals surface area contributed by atoms with Crippen molar-refractivity contribution in [1.82, 2.24) is 4.98 Å². The van der Waals surface area contributed by atoms with Crippen LogP contribution in [0.25, 0.3) is 22.4 Å². The van der Waals surface area contributed by atoms with E-state index in [2.05, 4.69) is 4.98 Å². The molecule has 18 heavy (non-hydrogen) atoms. The molecule has 88 valence electrons. The molecule has 0 atom stereocenters. The fraction of sp³-hybridized carbons (Fsp3) is 0. The van der Waals surface area contributed by atoms with E-state index in [1.165, 1.54) is 0 Å². The molecule has 3 rings (SSSR count). The van der Waals surface area contributed by atoms with Gasteiger partial charge in [0.2, 0.25) is 5.89 Å². The van der Waals surface area contributed by atoms with Crippen LogP contribution in [0.5, 0.6) is 0 Å². The zero-order valence-electron chi connectivity index (χ0n) is 9.46. The summed E-state index contributed by atoms with van der Waals surface area (Å²) in [5, 5.41) is 0.398. The minimum absolute atomic E-state index is 0.317. The molecule has 2 N–H and O–H groups in total. The van der Waals surface area contributed by atoms with Crippen molar-refractivity contribution in [1.29, 1.82) is 0 Å². The number of aromatic nitrogens is 1. The average molecular weight is 238 g/mol. The number of hydrogen-bond donors (Lipinski definition) is 1. The minimum atomic E-state index is -0.425. The second kappa shape index (κ2) is 4.00. The average Bonchev–Trinajstić information content (AvgIpc) is 2.40. The number of nitrogens with two attached hydrogens (primary N) is 1. The lowest BCUT2D eigenvalue weighted by Gasteiger charge is -2.01. The molecule has 1 heterocycles. The van der Waals surface area contributed by atoms with E-state index in [9.17, 15) is 4.79 Å². The number of anilines is 1. The van der Waals surface area contributed by atoms with Crippen LogP contribution in [0, 0.1) is 0 Å². The van der Waals surface area contributed by atoms with Crippen LogP contribution in [-0.2, 0) is 0 Å². The smallest absolute Gasteiger partial charge is 0.347 e. The number of hydrogen-bond acceptors (Lipinski definition) is 4. The van der Waals surface area contributed by atoms with Gasteiger partial charge in [-0.15, -0.1) is 0 Å². The van der Waals surface area contributed by atoms with Crippen molar-refractivity contribution in [2.45, 2.75) is 0 Å². The Bertz CT molecular complexity index is 764. The summed E-state index contributed by atoms with van der Waals surface area (Å²) in [5.74, 6) is 0.317. The normalized spacial score (nSPS) is 10.7.